The first-order valence-electron chi connectivity index (χ1n) is 6.44. The van der Waals surface area contributed by atoms with Gasteiger partial charge in [-0.25, -0.2) is 13.1 Å². The van der Waals surface area contributed by atoms with Gasteiger partial charge in [-0.05, 0) is 34.2 Å². The Labute approximate surface area is 115 Å². The third kappa shape index (κ3) is 4.02. The molecule has 0 bridgehead atoms. The topological polar surface area (TPSA) is 84.2 Å². The minimum absolute atomic E-state index is 0.347. The van der Waals surface area contributed by atoms with Crippen LogP contribution in [0.15, 0.2) is 4.52 Å². The van der Waals surface area contributed by atoms with Gasteiger partial charge in [0.25, 0.3) is 0 Å². The molecule has 2 atom stereocenters. The molecular formula is C12H23N3O3S. The third-order valence-corrected chi connectivity index (χ3v) is 4.98. The summed E-state index contributed by atoms with van der Waals surface area (Å²) in [6.45, 7) is 10.2. The Morgan fingerprint density at radius 3 is 2.42 bits per heavy atom. The van der Waals surface area contributed by atoms with Crippen molar-refractivity contribution in [3.63, 3.8) is 0 Å². The van der Waals surface area contributed by atoms with E-state index in [9.17, 15) is 8.42 Å². The van der Waals surface area contributed by atoms with Gasteiger partial charge in [-0.3, -0.25) is 0 Å². The summed E-state index contributed by atoms with van der Waals surface area (Å²) in [6, 6.07) is -0.347. The number of aromatic nitrogens is 1. The van der Waals surface area contributed by atoms with E-state index in [0.717, 1.165) is 12.1 Å². The smallest absolute Gasteiger partial charge is 0.216 e. The van der Waals surface area contributed by atoms with Crippen LogP contribution in [0.1, 0.15) is 43.8 Å². The number of hydrogen-bond donors (Lipinski definition) is 2. The predicted octanol–water partition coefficient (Wildman–Crippen LogP) is 1.27. The van der Waals surface area contributed by atoms with Gasteiger partial charge in [0, 0.05) is 18.2 Å². The molecule has 0 fully saturated rings. The van der Waals surface area contributed by atoms with Crippen molar-refractivity contribution >= 4 is 10.0 Å². The molecule has 2 N–H and O–H groups in total. The highest BCUT2D eigenvalue weighted by atomic mass is 32.2. The number of sulfonamides is 1. The van der Waals surface area contributed by atoms with Crippen molar-refractivity contribution in [3.8, 4) is 0 Å². The van der Waals surface area contributed by atoms with Gasteiger partial charge >= 0.3 is 0 Å². The highest BCUT2D eigenvalue weighted by Gasteiger charge is 2.25. The van der Waals surface area contributed by atoms with Crippen LogP contribution in [0.3, 0.4) is 0 Å². The van der Waals surface area contributed by atoms with E-state index in [2.05, 4.69) is 15.2 Å². The molecule has 2 unspecified atom stereocenters. The van der Waals surface area contributed by atoms with E-state index >= 15 is 0 Å². The number of hydrogen-bond acceptors (Lipinski definition) is 5. The van der Waals surface area contributed by atoms with Crippen LogP contribution in [0, 0.1) is 13.8 Å². The first kappa shape index (κ1) is 16.1. The largest absolute Gasteiger partial charge is 0.361 e. The molecule has 1 aromatic heterocycles. The molecular weight excluding hydrogens is 266 g/mol. The van der Waals surface area contributed by atoms with Crippen molar-refractivity contribution in [1.82, 2.24) is 15.2 Å². The van der Waals surface area contributed by atoms with Crippen LogP contribution in [-0.2, 0) is 10.0 Å². The van der Waals surface area contributed by atoms with Gasteiger partial charge in [-0.2, -0.15) is 0 Å². The molecule has 0 radical (unpaired) electrons. The Balaban J connectivity index is 2.78. The SMILES string of the molecule is CCNCC(C)S(=O)(=O)NC(C)c1c(C)noc1C. The van der Waals surface area contributed by atoms with Crippen LogP contribution in [0.4, 0.5) is 0 Å². The monoisotopic (exact) mass is 289 g/mol. The molecule has 0 aliphatic rings. The zero-order valence-corrected chi connectivity index (χ0v) is 13.0. The summed E-state index contributed by atoms with van der Waals surface area (Å²) in [5, 5.41) is 6.38. The van der Waals surface area contributed by atoms with Crippen LogP contribution < -0.4 is 10.0 Å². The lowest BCUT2D eigenvalue weighted by molar-refractivity contribution is 0.391. The Bertz CT molecular complexity index is 491. The molecule has 0 aliphatic carbocycles. The maximum absolute atomic E-state index is 12.2. The van der Waals surface area contributed by atoms with E-state index in [1.807, 2.05) is 6.92 Å². The van der Waals surface area contributed by atoms with Crippen molar-refractivity contribution in [2.45, 2.75) is 45.9 Å². The highest BCUT2D eigenvalue weighted by molar-refractivity contribution is 7.90. The molecule has 0 saturated heterocycles. The molecule has 6 nitrogen and oxygen atoms in total. The zero-order valence-electron chi connectivity index (χ0n) is 12.1. The lowest BCUT2D eigenvalue weighted by Crippen LogP contribution is -2.40. The first-order valence-corrected chi connectivity index (χ1v) is 7.98. The fraction of sp³-hybridized carbons (Fsp3) is 0.750. The number of nitrogens with one attached hydrogen (secondary N) is 2. The van der Waals surface area contributed by atoms with E-state index < -0.39 is 15.3 Å². The lowest BCUT2D eigenvalue weighted by atomic mass is 10.1. The Morgan fingerprint density at radius 2 is 1.95 bits per heavy atom. The summed E-state index contributed by atoms with van der Waals surface area (Å²) < 4.78 is 32.1. The average molecular weight is 289 g/mol. The zero-order chi connectivity index (χ0) is 14.6. The van der Waals surface area contributed by atoms with Crippen LogP contribution in [-0.4, -0.2) is 31.9 Å². The second kappa shape index (κ2) is 6.49. The Kier molecular flexibility index (Phi) is 5.51. The molecule has 0 amide bonds. The van der Waals surface area contributed by atoms with Gasteiger partial charge in [0.1, 0.15) is 5.76 Å². The van der Waals surface area contributed by atoms with E-state index in [4.69, 9.17) is 4.52 Å². The summed E-state index contributed by atoms with van der Waals surface area (Å²) in [6.07, 6.45) is 0. The van der Waals surface area contributed by atoms with Crippen LogP contribution >= 0.6 is 0 Å². The van der Waals surface area contributed by atoms with Crippen molar-refractivity contribution in [2.75, 3.05) is 13.1 Å². The normalized spacial score (nSPS) is 15.4. The number of nitrogens with zero attached hydrogens (tertiary/aromatic N) is 1. The first-order chi connectivity index (χ1) is 8.79. The maximum Gasteiger partial charge on any atom is 0.216 e. The van der Waals surface area contributed by atoms with E-state index in [-0.39, 0.29) is 6.04 Å². The fourth-order valence-electron chi connectivity index (χ4n) is 1.99. The molecule has 0 aliphatic heterocycles. The second-order valence-electron chi connectivity index (χ2n) is 4.74. The standard InChI is InChI=1S/C12H23N3O3S/c1-6-13-7-8(2)19(16,17)15-10(4)12-9(3)14-18-11(12)5/h8,10,13,15H,6-7H2,1-5H3. The van der Waals surface area contributed by atoms with Gasteiger partial charge in [0.15, 0.2) is 0 Å². The Hall–Kier alpha value is -0.920. The minimum Gasteiger partial charge on any atom is -0.361 e. The molecule has 1 aromatic rings. The van der Waals surface area contributed by atoms with Gasteiger partial charge in [-0.1, -0.05) is 12.1 Å². The molecule has 0 aromatic carbocycles. The molecule has 7 heteroatoms. The van der Waals surface area contributed by atoms with Crippen molar-refractivity contribution in [2.24, 2.45) is 0 Å². The molecule has 19 heavy (non-hydrogen) atoms. The second-order valence-corrected chi connectivity index (χ2v) is 6.87. The van der Waals surface area contributed by atoms with Crippen molar-refractivity contribution in [1.29, 1.82) is 0 Å². The molecule has 0 saturated carbocycles. The Morgan fingerprint density at radius 1 is 1.32 bits per heavy atom. The molecule has 0 spiro atoms. The van der Waals surface area contributed by atoms with Crippen LogP contribution in [0.25, 0.3) is 0 Å². The van der Waals surface area contributed by atoms with E-state index in [1.54, 1.807) is 27.7 Å². The third-order valence-electron chi connectivity index (χ3n) is 3.07. The lowest BCUT2D eigenvalue weighted by Gasteiger charge is -2.18. The summed E-state index contributed by atoms with van der Waals surface area (Å²) in [4.78, 5) is 0. The average Bonchev–Trinajstić information content (AvgIpc) is 2.65. The van der Waals surface area contributed by atoms with E-state index in [1.165, 1.54) is 0 Å². The summed E-state index contributed by atoms with van der Waals surface area (Å²) in [5.74, 6) is 0.645. The summed E-state index contributed by atoms with van der Waals surface area (Å²) >= 11 is 0. The molecule has 1 rings (SSSR count). The molecule has 110 valence electrons. The summed E-state index contributed by atoms with van der Waals surface area (Å²) in [5.41, 5.74) is 1.52. The van der Waals surface area contributed by atoms with Gasteiger partial charge in [-0.15, -0.1) is 0 Å². The van der Waals surface area contributed by atoms with Crippen molar-refractivity contribution < 1.29 is 12.9 Å². The van der Waals surface area contributed by atoms with Crippen LogP contribution in [0.2, 0.25) is 0 Å². The van der Waals surface area contributed by atoms with Gasteiger partial charge < -0.3 is 9.84 Å². The predicted molar refractivity (Wildman–Crippen MR) is 74.5 cm³/mol. The molecule has 1 heterocycles. The fourth-order valence-corrected chi connectivity index (χ4v) is 3.17. The van der Waals surface area contributed by atoms with E-state index in [0.29, 0.717) is 18.0 Å². The van der Waals surface area contributed by atoms with Crippen LogP contribution in [0.5, 0.6) is 0 Å². The summed E-state index contributed by atoms with van der Waals surface area (Å²) in [7, 11) is -3.37. The minimum atomic E-state index is -3.37. The number of aryl methyl sites for hydroxylation is 2. The van der Waals surface area contributed by atoms with Gasteiger partial charge in [0.2, 0.25) is 10.0 Å². The quantitative estimate of drug-likeness (QED) is 0.789. The van der Waals surface area contributed by atoms with Crippen molar-refractivity contribution in [3.05, 3.63) is 17.0 Å². The number of rotatable bonds is 7. The maximum atomic E-state index is 12.2. The van der Waals surface area contributed by atoms with Gasteiger partial charge in [0.05, 0.1) is 10.9 Å². The highest BCUT2D eigenvalue weighted by Crippen LogP contribution is 2.22.